The molecule has 0 saturated carbocycles. The predicted octanol–water partition coefficient (Wildman–Crippen LogP) is 4.32. The molecule has 2 aromatic rings. The van der Waals surface area contributed by atoms with E-state index in [0.717, 1.165) is 17.2 Å². The highest BCUT2D eigenvalue weighted by Gasteiger charge is 2.37. The first-order valence-electron chi connectivity index (χ1n) is 7.87. The third-order valence-electron chi connectivity index (χ3n) is 4.06. The van der Waals surface area contributed by atoms with E-state index in [1.807, 2.05) is 19.1 Å². The molecule has 2 aromatic carbocycles. The van der Waals surface area contributed by atoms with E-state index < -0.39 is 40.4 Å². The summed E-state index contributed by atoms with van der Waals surface area (Å²) in [5, 5.41) is 4.80. The van der Waals surface area contributed by atoms with E-state index >= 15 is 0 Å². The fourth-order valence-electron chi connectivity index (χ4n) is 2.15. The van der Waals surface area contributed by atoms with Crippen LogP contribution in [0.25, 0.3) is 0 Å². The molecule has 4 nitrogen and oxygen atoms in total. The van der Waals surface area contributed by atoms with Crippen LogP contribution in [0.3, 0.4) is 0 Å². The molecule has 7 heteroatoms. The third kappa shape index (κ3) is 3.87. The topological polar surface area (TPSA) is 58.2 Å². The summed E-state index contributed by atoms with van der Waals surface area (Å²) in [7, 11) is 0. The summed E-state index contributed by atoms with van der Waals surface area (Å²) < 4.78 is 40.0. The van der Waals surface area contributed by atoms with E-state index in [0.29, 0.717) is 11.8 Å². The van der Waals surface area contributed by atoms with Crippen molar-refractivity contribution in [3.05, 3.63) is 58.9 Å². The number of amides is 2. The molecule has 0 saturated heterocycles. The van der Waals surface area contributed by atoms with Crippen LogP contribution in [-0.4, -0.2) is 11.8 Å². The van der Waals surface area contributed by atoms with Gasteiger partial charge in [0.05, 0.1) is 5.69 Å². The smallest absolute Gasteiger partial charge is 0.239 e. The zero-order valence-electron chi connectivity index (χ0n) is 14.8. The summed E-state index contributed by atoms with van der Waals surface area (Å²) in [6.07, 6.45) is 0. The Morgan fingerprint density at radius 2 is 1.42 bits per heavy atom. The molecule has 26 heavy (non-hydrogen) atoms. The number of rotatable bonds is 4. The largest absolute Gasteiger partial charge is 0.325 e. The Bertz CT molecular complexity index is 879. The van der Waals surface area contributed by atoms with Crippen LogP contribution >= 0.6 is 0 Å². The molecule has 0 spiro atoms. The summed E-state index contributed by atoms with van der Waals surface area (Å²) >= 11 is 0. The Morgan fingerprint density at radius 3 is 2.04 bits per heavy atom. The van der Waals surface area contributed by atoms with Gasteiger partial charge >= 0.3 is 0 Å². The maximum atomic E-state index is 13.7. The van der Waals surface area contributed by atoms with E-state index in [9.17, 15) is 22.8 Å². The van der Waals surface area contributed by atoms with Crippen molar-refractivity contribution in [1.29, 1.82) is 0 Å². The number of nitrogens with one attached hydrogen (secondary N) is 2. The van der Waals surface area contributed by atoms with Gasteiger partial charge in [0.15, 0.2) is 17.5 Å². The molecule has 0 aromatic heterocycles. The highest BCUT2D eigenvalue weighted by molar-refractivity contribution is 6.14. The van der Waals surface area contributed by atoms with Crippen molar-refractivity contribution in [3.63, 3.8) is 0 Å². The lowest BCUT2D eigenvalue weighted by Gasteiger charge is -2.23. The van der Waals surface area contributed by atoms with Gasteiger partial charge in [-0.3, -0.25) is 9.59 Å². The van der Waals surface area contributed by atoms with Crippen molar-refractivity contribution in [2.45, 2.75) is 27.7 Å². The van der Waals surface area contributed by atoms with Gasteiger partial charge in [0.1, 0.15) is 5.41 Å². The van der Waals surface area contributed by atoms with Crippen molar-refractivity contribution in [2.75, 3.05) is 10.6 Å². The van der Waals surface area contributed by atoms with E-state index in [-0.39, 0.29) is 0 Å². The number of anilines is 2. The molecule has 2 amide bonds. The van der Waals surface area contributed by atoms with Crippen LogP contribution in [0.5, 0.6) is 0 Å². The number of aryl methyl sites for hydroxylation is 2. The molecule has 0 aliphatic rings. The summed E-state index contributed by atoms with van der Waals surface area (Å²) in [5.74, 6) is -6.06. The van der Waals surface area contributed by atoms with Crippen molar-refractivity contribution >= 4 is 23.2 Å². The van der Waals surface area contributed by atoms with Crippen LogP contribution in [0, 0.1) is 36.7 Å². The fourth-order valence-corrected chi connectivity index (χ4v) is 2.15. The van der Waals surface area contributed by atoms with E-state index in [1.165, 1.54) is 13.8 Å². The van der Waals surface area contributed by atoms with Crippen LogP contribution < -0.4 is 10.6 Å². The van der Waals surface area contributed by atoms with Crippen LogP contribution in [0.4, 0.5) is 24.5 Å². The lowest BCUT2D eigenvalue weighted by molar-refractivity contribution is -0.135. The molecule has 2 N–H and O–H groups in total. The Labute approximate surface area is 149 Å². The van der Waals surface area contributed by atoms with Crippen molar-refractivity contribution in [1.82, 2.24) is 0 Å². The Balaban J connectivity index is 2.20. The van der Waals surface area contributed by atoms with Crippen LogP contribution in [0.15, 0.2) is 30.3 Å². The van der Waals surface area contributed by atoms with E-state index in [4.69, 9.17) is 0 Å². The first-order valence-corrected chi connectivity index (χ1v) is 7.87. The van der Waals surface area contributed by atoms with Gasteiger partial charge in [0.2, 0.25) is 11.8 Å². The summed E-state index contributed by atoms with van der Waals surface area (Å²) in [5.41, 5.74) is 0.160. The zero-order valence-corrected chi connectivity index (χ0v) is 14.8. The monoisotopic (exact) mass is 364 g/mol. The molecule has 0 aliphatic carbocycles. The van der Waals surface area contributed by atoms with Gasteiger partial charge in [0, 0.05) is 5.69 Å². The molecule has 138 valence electrons. The van der Waals surface area contributed by atoms with Crippen LogP contribution in [0.2, 0.25) is 0 Å². The molecule has 0 fully saturated rings. The van der Waals surface area contributed by atoms with Gasteiger partial charge in [-0.05, 0) is 57.0 Å². The fraction of sp³-hybridized carbons (Fsp3) is 0.263. The van der Waals surface area contributed by atoms with Crippen LogP contribution in [0.1, 0.15) is 25.0 Å². The van der Waals surface area contributed by atoms with Gasteiger partial charge in [-0.2, -0.15) is 0 Å². The molecular formula is C19H19F3N2O2. The van der Waals surface area contributed by atoms with Crippen molar-refractivity contribution in [2.24, 2.45) is 5.41 Å². The number of carbonyl (C=O) groups is 2. The normalized spacial score (nSPS) is 11.2. The lowest BCUT2D eigenvalue weighted by atomic mass is 9.90. The Morgan fingerprint density at radius 1 is 0.846 bits per heavy atom. The summed E-state index contributed by atoms with van der Waals surface area (Å²) in [6.45, 7) is 6.36. The quantitative estimate of drug-likeness (QED) is 0.627. The molecule has 0 bridgehead atoms. The molecule has 0 unspecified atom stereocenters. The number of hydrogen-bond donors (Lipinski definition) is 2. The Hall–Kier alpha value is -2.83. The van der Waals surface area contributed by atoms with Gasteiger partial charge in [-0.15, -0.1) is 0 Å². The molecule has 0 atom stereocenters. The van der Waals surface area contributed by atoms with Crippen molar-refractivity contribution < 1.29 is 22.8 Å². The maximum absolute atomic E-state index is 13.7. The minimum absolute atomic E-state index is 0.540. The predicted molar refractivity (Wildman–Crippen MR) is 93.3 cm³/mol. The lowest BCUT2D eigenvalue weighted by Crippen LogP contribution is -2.42. The Kier molecular flexibility index (Phi) is 5.39. The molecule has 0 radical (unpaired) electrons. The number of halogens is 3. The second-order valence-corrected chi connectivity index (χ2v) is 6.57. The standard InChI is InChI=1S/C19H19F3N2O2/c1-10-5-6-11(2)14(9-10)24-18(26)19(3,4)17(25)23-13-8-7-12(20)15(21)16(13)22/h5-9H,1-4H3,(H,23,25)(H,24,26). The summed E-state index contributed by atoms with van der Waals surface area (Å²) in [4.78, 5) is 24.9. The van der Waals surface area contributed by atoms with Gasteiger partial charge in [-0.25, -0.2) is 13.2 Å². The molecule has 0 heterocycles. The number of carbonyl (C=O) groups excluding carboxylic acids is 2. The second-order valence-electron chi connectivity index (χ2n) is 6.57. The van der Waals surface area contributed by atoms with Crippen molar-refractivity contribution in [3.8, 4) is 0 Å². The van der Waals surface area contributed by atoms with Gasteiger partial charge in [-0.1, -0.05) is 12.1 Å². The SMILES string of the molecule is Cc1ccc(C)c(NC(=O)C(C)(C)C(=O)Nc2ccc(F)c(F)c2F)c1. The summed E-state index contributed by atoms with van der Waals surface area (Å²) in [6, 6.07) is 7.06. The average Bonchev–Trinajstić information content (AvgIpc) is 2.58. The number of benzene rings is 2. The maximum Gasteiger partial charge on any atom is 0.239 e. The molecular weight excluding hydrogens is 345 g/mol. The first-order chi connectivity index (χ1) is 12.0. The molecule has 2 rings (SSSR count). The second kappa shape index (κ2) is 7.19. The zero-order chi connectivity index (χ0) is 19.6. The number of hydrogen-bond acceptors (Lipinski definition) is 2. The minimum Gasteiger partial charge on any atom is -0.325 e. The molecule has 0 aliphatic heterocycles. The highest BCUT2D eigenvalue weighted by atomic mass is 19.2. The van der Waals surface area contributed by atoms with Gasteiger partial charge < -0.3 is 10.6 Å². The third-order valence-corrected chi connectivity index (χ3v) is 4.06. The van der Waals surface area contributed by atoms with Gasteiger partial charge in [0.25, 0.3) is 0 Å². The minimum atomic E-state index is -1.69. The average molecular weight is 364 g/mol. The first kappa shape index (κ1) is 19.5. The van der Waals surface area contributed by atoms with E-state index in [2.05, 4.69) is 10.6 Å². The highest BCUT2D eigenvalue weighted by Crippen LogP contribution is 2.26. The van der Waals surface area contributed by atoms with Crippen LogP contribution in [-0.2, 0) is 9.59 Å². The van der Waals surface area contributed by atoms with E-state index in [1.54, 1.807) is 13.0 Å².